The number of hydrogen-bond donors (Lipinski definition) is 3. The SMILES string of the molecule is Nc1c(-c2nc(Nc3ccccc3)nc(N3CCOCC3)n2)cccc1S(=O)(=O)O.[Na].[Na]. The summed E-state index contributed by atoms with van der Waals surface area (Å²) in [5.41, 5.74) is 6.96. The van der Waals surface area contributed by atoms with Gasteiger partial charge in [-0.3, -0.25) is 4.55 Å². The fourth-order valence-electron chi connectivity index (χ4n) is 3.06. The number of morpholine rings is 1. The first-order valence-corrected chi connectivity index (χ1v) is 10.6. The summed E-state index contributed by atoms with van der Waals surface area (Å²) in [5, 5.41) is 3.13. The number of hydrogen-bond acceptors (Lipinski definition) is 9. The van der Waals surface area contributed by atoms with Gasteiger partial charge >= 0.3 is 0 Å². The minimum atomic E-state index is -4.49. The van der Waals surface area contributed by atoms with Crippen molar-refractivity contribution in [3.05, 3.63) is 48.5 Å². The van der Waals surface area contributed by atoms with Crippen LogP contribution in [-0.4, -0.2) is 113 Å². The summed E-state index contributed by atoms with van der Waals surface area (Å²) in [5.74, 6) is 0.885. The predicted molar refractivity (Wildman–Crippen MR) is 124 cm³/mol. The third-order valence-corrected chi connectivity index (χ3v) is 5.44. The first kappa shape index (κ1) is 27.0. The number of nitrogens with two attached hydrogens (primary N) is 1. The van der Waals surface area contributed by atoms with Crippen molar-refractivity contribution < 1.29 is 17.7 Å². The second-order valence-corrected chi connectivity index (χ2v) is 7.96. The molecule has 0 bridgehead atoms. The number of ether oxygens (including phenoxy) is 1. The van der Waals surface area contributed by atoms with Crippen molar-refractivity contribution in [2.75, 3.05) is 42.3 Å². The monoisotopic (exact) mass is 474 g/mol. The Morgan fingerprint density at radius 2 is 1.66 bits per heavy atom. The van der Waals surface area contributed by atoms with E-state index in [1.807, 2.05) is 35.2 Å². The molecule has 0 amide bonds. The van der Waals surface area contributed by atoms with E-state index in [1.54, 1.807) is 6.07 Å². The van der Waals surface area contributed by atoms with Gasteiger partial charge in [0.1, 0.15) is 4.90 Å². The van der Waals surface area contributed by atoms with Crippen LogP contribution in [0, 0.1) is 0 Å². The molecule has 13 heteroatoms. The first-order chi connectivity index (χ1) is 14.4. The molecule has 4 rings (SSSR count). The fourth-order valence-corrected chi connectivity index (χ4v) is 3.70. The average molecular weight is 474 g/mol. The van der Waals surface area contributed by atoms with Gasteiger partial charge in [-0.15, -0.1) is 0 Å². The molecule has 1 saturated heterocycles. The standard InChI is InChI=1S/C19H20N6O4S.2Na/c20-16-14(7-4-8-15(16)30(26,27)28)17-22-18(21-13-5-2-1-3-6-13)24-19(23-17)25-9-11-29-12-10-25;;/h1-8H,9-12,20H2,(H,26,27,28)(H,21,22,23,24);;. The number of nitrogens with zero attached hydrogens (tertiary/aromatic N) is 4. The average Bonchev–Trinajstić information content (AvgIpc) is 2.74. The third kappa shape index (κ3) is 6.40. The molecule has 10 nitrogen and oxygen atoms in total. The summed E-state index contributed by atoms with van der Waals surface area (Å²) in [6, 6.07) is 13.7. The minimum Gasteiger partial charge on any atom is -0.397 e. The van der Waals surface area contributed by atoms with Crippen molar-refractivity contribution in [3.8, 4) is 11.4 Å². The first-order valence-electron chi connectivity index (χ1n) is 9.19. The Labute approximate surface area is 230 Å². The third-order valence-electron chi connectivity index (χ3n) is 4.53. The van der Waals surface area contributed by atoms with Gasteiger partial charge in [0, 0.05) is 83.5 Å². The fraction of sp³-hybridized carbons (Fsp3) is 0.211. The van der Waals surface area contributed by atoms with Crippen molar-refractivity contribution in [1.82, 2.24) is 15.0 Å². The minimum absolute atomic E-state index is 0. The molecule has 0 spiro atoms. The number of nitrogen functional groups attached to an aromatic ring is 1. The normalized spacial score (nSPS) is 13.6. The number of rotatable bonds is 5. The van der Waals surface area contributed by atoms with Crippen LogP contribution in [0.5, 0.6) is 0 Å². The number of aromatic nitrogens is 3. The van der Waals surface area contributed by atoms with Crippen LogP contribution in [0.3, 0.4) is 0 Å². The Morgan fingerprint density at radius 1 is 0.969 bits per heavy atom. The van der Waals surface area contributed by atoms with Crippen LogP contribution in [-0.2, 0) is 14.9 Å². The van der Waals surface area contributed by atoms with Gasteiger partial charge in [0.05, 0.1) is 18.9 Å². The maximum Gasteiger partial charge on any atom is 0.296 e. The van der Waals surface area contributed by atoms with Crippen LogP contribution in [0.15, 0.2) is 53.4 Å². The second kappa shape index (κ2) is 11.7. The van der Waals surface area contributed by atoms with Crippen molar-refractivity contribution in [3.63, 3.8) is 0 Å². The van der Waals surface area contributed by atoms with Gasteiger partial charge in [0.15, 0.2) is 5.82 Å². The van der Waals surface area contributed by atoms with Crippen molar-refractivity contribution in [2.24, 2.45) is 0 Å². The molecule has 0 atom stereocenters. The number of benzene rings is 2. The van der Waals surface area contributed by atoms with E-state index < -0.39 is 15.0 Å². The molecule has 2 aromatic carbocycles. The Bertz CT molecular complexity index is 1160. The second-order valence-electron chi connectivity index (χ2n) is 6.57. The largest absolute Gasteiger partial charge is 0.397 e. The van der Waals surface area contributed by atoms with Crippen molar-refractivity contribution in [2.45, 2.75) is 4.90 Å². The van der Waals surface area contributed by atoms with E-state index in [0.717, 1.165) is 5.69 Å². The van der Waals surface area contributed by atoms with Crippen LogP contribution < -0.4 is 16.0 Å². The van der Waals surface area contributed by atoms with E-state index in [2.05, 4.69) is 20.3 Å². The zero-order valence-electron chi connectivity index (χ0n) is 17.9. The maximum absolute atomic E-state index is 11.6. The van der Waals surface area contributed by atoms with Crippen LogP contribution in [0.25, 0.3) is 11.4 Å². The number of para-hydroxylation sites is 2. The van der Waals surface area contributed by atoms with Gasteiger partial charge in [-0.1, -0.05) is 24.3 Å². The van der Waals surface area contributed by atoms with Gasteiger partial charge in [0.25, 0.3) is 10.1 Å². The van der Waals surface area contributed by atoms with Gasteiger partial charge < -0.3 is 20.7 Å². The molecule has 1 aliphatic rings. The topological polar surface area (TPSA) is 144 Å². The van der Waals surface area contributed by atoms with E-state index in [1.165, 1.54) is 12.1 Å². The molecule has 2 heterocycles. The van der Waals surface area contributed by atoms with Crippen molar-refractivity contribution in [1.29, 1.82) is 0 Å². The Kier molecular flexibility index (Phi) is 9.88. The maximum atomic E-state index is 11.6. The predicted octanol–water partition coefficient (Wildman–Crippen LogP) is 1.19. The molecule has 1 aliphatic heterocycles. The molecule has 0 saturated carbocycles. The van der Waals surface area contributed by atoms with Crippen LogP contribution >= 0.6 is 0 Å². The van der Waals surface area contributed by atoms with Gasteiger partial charge in [-0.2, -0.15) is 23.4 Å². The number of anilines is 4. The zero-order valence-corrected chi connectivity index (χ0v) is 22.7. The molecule has 2 radical (unpaired) electrons. The van der Waals surface area contributed by atoms with E-state index in [9.17, 15) is 13.0 Å². The molecule has 32 heavy (non-hydrogen) atoms. The summed E-state index contributed by atoms with van der Waals surface area (Å²) in [7, 11) is -4.49. The van der Waals surface area contributed by atoms with Gasteiger partial charge in [0.2, 0.25) is 11.9 Å². The molecular weight excluding hydrogens is 454 g/mol. The van der Waals surface area contributed by atoms with Crippen LogP contribution in [0.2, 0.25) is 0 Å². The summed E-state index contributed by atoms with van der Waals surface area (Å²) in [6.45, 7) is 2.30. The molecule has 1 aromatic heterocycles. The van der Waals surface area contributed by atoms with E-state index >= 15 is 0 Å². The van der Waals surface area contributed by atoms with Crippen LogP contribution in [0.1, 0.15) is 0 Å². The molecular formula is C19H20N6Na2O4S. The molecule has 0 aliphatic carbocycles. The Balaban J connectivity index is 0.00000181. The summed E-state index contributed by atoms with van der Waals surface area (Å²) in [6.07, 6.45) is 0. The molecule has 1 fully saturated rings. The number of nitrogens with one attached hydrogen (secondary N) is 1. The Morgan fingerprint density at radius 3 is 2.31 bits per heavy atom. The van der Waals surface area contributed by atoms with E-state index in [0.29, 0.717) is 32.3 Å². The molecule has 4 N–H and O–H groups in total. The van der Waals surface area contributed by atoms with Crippen molar-refractivity contribution >= 4 is 92.5 Å². The van der Waals surface area contributed by atoms with E-state index in [4.69, 9.17) is 10.5 Å². The van der Waals surface area contributed by atoms with Gasteiger partial charge in [-0.05, 0) is 24.3 Å². The summed E-state index contributed by atoms with van der Waals surface area (Å²) in [4.78, 5) is 15.0. The molecule has 0 unspecified atom stereocenters. The van der Waals surface area contributed by atoms with Crippen LogP contribution in [0.4, 0.5) is 23.3 Å². The smallest absolute Gasteiger partial charge is 0.296 e. The zero-order chi connectivity index (χ0) is 21.1. The summed E-state index contributed by atoms with van der Waals surface area (Å²) >= 11 is 0. The van der Waals surface area contributed by atoms with Gasteiger partial charge in [-0.25, -0.2) is 0 Å². The quantitative estimate of drug-likeness (QED) is 0.280. The Hall–Kier alpha value is -1.28. The van der Waals surface area contributed by atoms with E-state index in [-0.39, 0.29) is 82.1 Å². The summed E-state index contributed by atoms with van der Waals surface area (Å²) < 4.78 is 38.1. The molecule has 158 valence electrons. The molecule has 3 aromatic rings.